The van der Waals surface area contributed by atoms with Gasteiger partial charge < -0.3 is 16.2 Å². The molecule has 1 aromatic carbocycles. The van der Waals surface area contributed by atoms with Crippen molar-refractivity contribution in [3.05, 3.63) is 29.8 Å². The second kappa shape index (κ2) is 5.63. The first kappa shape index (κ1) is 14.5. The predicted molar refractivity (Wildman–Crippen MR) is 76.3 cm³/mol. The lowest BCUT2D eigenvalue weighted by molar-refractivity contribution is -0.137. The highest BCUT2D eigenvalue weighted by Gasteiger charge is 2.44. The van der Waals surface area contributed by atoms with Gasteiger partial charge in [0.1, 0.15) is 0 Å². The van der Waals surface area contributed by atoms with E-state index in [1.807, 2.05) is 12.1 Å². The van der Waals surface area contributed by atoms with E-state index in [2.05, 4.69) is 5.32 Å². The summed E-state index contributed by atoms with van der Waals surface area (Å²) in [7, 11) is 0. The van der Waals surface area contributed by atoms with Gasteiger partial charge in [-0.15, -0.1) is 0 Å². The first-order chi connectivity index (χ1) is 9.39. The number of aliphatic carboxylic acids is 1. The molecule has 0 saturated heterocycles. The molecule has 2 rings (SSSR count). The summed E-state index contributed by atoms with van der Waals surface area (Å²) in [4.78, 5) is 22.6. The van der Waals surface area contributed by atoms with Crippen molar-refractivity contribution in [3.63, 3.8) is 0 Å². The van der Waals surface area contributed by atoms with E-state index < -0.39 is 11.5 Å². The number of anilines is 1. The van der Waals surface area contributed by atoms with Gasteiger partial charge in [-0.1, -0.05) is 12.1 Å². The summed E-state index contributed by atoms with van der Waals surface area (Å²) in [5.74, 6) is -0.707. The lowest BCUT2D eigenvalue weighted by Gasteiger charge is -2.23. The Kier molecular flexibility index (Phi) is 4.09. The highest BCUT2D eigenvalue weighted by Crippen LogP contribution is 2.38. The summed E-state index contributed by atoms with van der Waals surface area (Å²) in [5.41, 5.74) is 6.85. The fourth-order valence-corrected chi connectivity index (χ4v) is 2.14. The Bertz CT molecular complexity index is 504. The first-order valence-corrected chi connectivity index (χ1v) is 6.80. The number of hydrogen-bond acceptors (Lipinski definition) is 3. The molecule has 0 aromatic heterocycles. The molecule has 5 nitrogen and oxygen atoms in total. The fraction of sp³-hybridized carbons (Fsp3) is 0.467. The second-order valence-corrected chi connectivity index (χ2v) is 5.60. The molecule has 1 amide bonds. The van der Waals surface area contributed by atoms with Crippen molar-refractivity contribution in [1.82, 2.24) is 0 Å². The van der Waals surface area contributed by atoms with E-state index in [1.165, 1.54) is 0 Å². The Morgan fingerprint density at radius 2 is 1.95 bits per heavy atom. The van der Waals surface area contributed by atoms with Crippen molar-refractivity contribution >= 4 is 17.6 Å². The maximum Gasteiger partial charge on any atom is 0.303 e. The number of amides is 1. The average molecular weight is 276 g/mol. The van der Waals surface area contributed by atoms with Crippen LogP contribution in [0.4, 0.5) is 5.69 Å². The van der Waals surface area contributed by atoms with Crippen LogP contribution in [0.25, 0.3) is 0 Å². The van der Waals surface area contributed by atoms with Gasteiger partial charge in [0.15, 0.2) is 0 Å². The van der Waals surface area contributed by atoms with Crippen LogP contribution >= 0.6 is 0 Å². The maximum atomic E-state index is 12.1. The zero-order valence-electron chi connectivity index (χ0n) is 11.6. The molecule has 1 saturated carbocycles. The summed E-state index contributed by atoms with van der Waals surface area (Å²) in [6.45, 7) is 1.77. The third-order valence-electron chi connectivity index (χ3n) is 3.75. The van der Waals surface area contributed by atoms with E-state index in [9.17, 15) is 9.59 Å². The van der Waals surface area contributed by atoms with Crippen molar-refractivity contribution < 1.29 is 14.7 Å². The van der Waals surface area contributed by atoms with Crippen LogP contribution in [0.3, 0.4) is 0 Å². The summed E-state index contributed by atoms with van der Waals surface area (Å²) in [6, 6.07) is 7.20. The van der Waals surface area contributed by atoms with Crippen LogP contribution in [0.2, 0.25) is 0 Å². The third kappa shape index (κ3) is 3.57. The quantitative estimate of drug-likeness (QED) is 0.738. The molecule has 1 aliphatic rings. The number of carbonyl (C=O) groups is 2. The number of nitrogens with one attached hydrogen (secondary N) is 1. The number of carboxylic acids is 1. The molecule has 1 atom stereocenters. The molecule has 108 valence electrons. The molecule has 4 N–H and O–H groups in total. The third-order valence-corrected chi connectivity index (χ3v) is 3.75. The maximum absolute atomic E-state index is 12.1. The molecule has 5 heteroatoms. The monoisotopic (exact) mass is 276 g/mol. The standard InChI is InChI=1S/C15H20N2O3/c1-15(16,11-5-6-11)14(20)17-12-7-2-10(3-8-12)4-9-13(18)19/h2-3,7-8,11H,4-6,9,16H2,1H3,(H,17,20)(H,18,19). The predicted octanol–water partition coefficient (Wildman–Crippen LogP) is 1.77. The van der Waals surface area contributed by atoms with Crippen molar-refractivity contribution in [2.24, 2.45) is 11.7 Å². The van der Waals surface area contributed by atoms with Gasteiger partial charge in [-0.3, -0.25) is 9.59 Å². The van der Waals surface area contributed by atoms with Gasteiger partial charge in [-0.25, -0.2) is 0 Å². The molecule has 0 heterocycles. The molecule has 0 spiro atoms. The highest BCUT2D eigenvalue weighted by atomic mass is 16.4. The molecule has 1 fully saturated rings. The lowest BCUT2D eigenvalue weighted by Crippen LogP contribution is -2.50. The minimum Gasteiger partial charge on any atom is -0.481 e. The van der Waals surface area contributed by atoms with Crippen LogP contribution in [-0.2, 0) is 16.0 Å². The van der Waals surface area contributed by atoms with Crippen molar-refractivity contribution in [1.29, 1.82) is 0 Å². The number of carbonyl (C=O) groups excluding carboxylic acids is 1. The molecule has 0 bridgehead atoms. The summed E-state index contributed by atoms with van der Waals surface area (Å²) < 4.78 is 0. The van der Waals surface area contributed by atoms with Crippen LogP contribution < -0.4 is 11.1 Å². The van der Waals surface area contributed by atoms with Crippen LogP contribution in [0.15, 0.2) is 24.3 Å². The van der Waals surface area contributed by atoms with Crippen LogP contribution in [0.5, 0.6) is 0 Å². The summed E-state index contributed by atoms with van der Waals surface area (Å²) in [5, 5.41) is 11.4. The minimum absolute atomic E-state index is 0.105. The number of benzene rings is 1. The summed E-state index contributed by atoms with van der Waals surface area (Å²) in [6.07, 6.45) is 2.61. The fourth-order valence-electron chi connectivity index (χ4n) is 2.14. The van der Waals surface area contributed by atoms with E-state index in [4.69, 9.17) is 10.8 Å². The SMILES string of the molecule is CC(N)(C(=O)Nc1ccc(CCC(=O)O)cc1)C1CC1. The van der Waals surface area contributed by atoms with E-state index in [-0.39, 0.29) is 18.2 Å². The van der Waals surface area contributed by atoms with E-state index in [0.717, 1.165) is 18.4 Å². The van der Waals surface area contributed by atoms with Crippen LogP contribution in [0, 0.1) is 5.92 Å². The molecule has 1 aromatic rings. The molecule has 1 aliphatic carbocycles. The number of nitrogens with two attached hydrogens (primary N) is 1. The largest absolute Gasteiger partial charge is 0.481 e. The van der Waals surface area contributed by atoms with Crippen LogP contribution in [-0.4, -0.2) is 22.5 Å². The molecule has 0 radical (unpaired) electrons. The van der Waals surface area contributed by atoms with Gasteiger partial charge in [0, 0.05) is 12.1 Å². The van der Waals surface area contributed by atoms with Crippen molar-refractivity contribution in [2.75, 3.05) is 5.32 Å². The number of carboxylic acid groups (broad SMARTS) is 1. The van der Waals surface area contributed by atoms with Gasteiger partial charge in [0.25, 0.3) is 0 Å². The van der Waals surface area contributed by atoms with Gasteiger partial charge in [0.2, 0.25) is 5.91 Å². The highest BCUT2D eigenvalue weighted by molar-refractivity contribution is 5.98. The Hall–Kier alpha value is -1.88. The smallest absolute Gasteiger partial charge is 0.303 e. The first-order valence-electron chi connectivity index (χ1n) is 6.80. The van der Waals surface area contributed by atoms with E-state index in [0.29, 0.717) is 12.1 Å². The zero-order valence-corrected chi connectivity index (χ0v) is 11.6. The molecule has 20 heavy (non-hydrogen) atoms. The van der Waals surface area contributed by atoms with Gasteiger partial charge >= 0.3 is 5.97 Å². The zero-order chi connectivity index (χ0) is 14.8. The second-order valence-electron chi connectivity index (χ2n) is 5.60. The molecule has 1 unspecified atom stereocenters. The molecular formula is C15H20N2O3. The molecule has 0 aliphatic heterocycles. The Morgan fingerprint density at radius 3 is 2.45 bits per heavy atom. The van der Waals surface area contributed by atoms with Gasteiger partial charge in [-0.2, -0.15) is 0 Å². The van der Waals surface area contributed by atoms with Gasteiger partial charge in [0.05, 0.1) is 5.54 Å². The normalized spacial score (nSPS) is 17.3. The molecular weight excluding hydrogens is 256 g/mol. The number of rotatable bonds is 6. The minimum atomic E-state index is -0.817. The summed E-state index contributed by atoms with van der Waals surface area (Å²) >= 11 is 0. The van der Waals surface area contributed by atoms with E-state index in [1.54, 1.807) is 19.1 Å². The lowest BCUT2D eigenvalue weighted by atomic mass is 9.96. The topological polar surface area (TPSA) is 92.4 Å². The van der Waals surface area contributed by atoms with Crippen molar-refractivity contribution in [3.8, 4) is 0 Å². The Morgan fingerprint density at radius 1 is 1.35 bits per heavy atom. The average Bonchev–Trinajstić information content (AvgIpc) is 3.22. The van der Waals surface area contributed by atoms with E-state index >= 15 is 0 Å². The van der Waals surface area contributed by atoms with Gasteiger partial charge in [-0.05, 0) is 49.8 Å². The van der Waals surface area contributed by atoms with Crippen LogP contribution in [0.1, 0.15) is 31.7 Å². The Labute approximate surface area is 118 Å². The van der Waals surface area contributed by atoms with Crippen molar-refractivity contribution in [2.45, 2.75) is 38.1 Å². The number of hydrogen-bond donors (Lipinski definition) is 3. The number of aryl methyl sites for hydroxylation is 1. The Balaban J connectivity index is 1.93.